The second kappa shape index (κ2) is 6.49. The van der Waals surface area contributed by atoms with Crippen LogP contribution in [0, 0.1) is 17.2 Å². The van der Waals surface area contributed by atoms with E-state index >= 15 is 0 Å². The van der Waals surface area contributed by atoms with Crippen LogP contribution in [0.1, 0.15) is 26.7 Å². The van der Waals surface area contributed by atoms with E-state index in [2.05, 4.69) is 37.0 Å². The van der Waals surface area contributed by atoms with E-state index in [-0.39, 0.29) is 5.89 Å². The van der Waals surface area contributed by atoms with Gasteiger partial charge in [-0.15, -0.1) is 0 Å². The van der Waals surface area contributed by atoms with Crippen LogP contribution in [-0.4, -0.2) is 27.7 Å². The number of aromatic nitrogens is 3. The molecule has 0 spiro atoms. The molecule has 0 aliphatic carbocycles. The van der Waals surface area contributed by atoms with Gasteiger partial charge in [0.15, 0.2) is 0 Å². The number of nitrogens with zero attached hydrogens (tertiary/aromatic N) is 5. The van der Waals surface area contributed by atoms with Crippen LogP contribution in [0.3, 0.4) is 0 Å². The first kappa shape index (κ1) is 14.9. The maximum absolute atomic E-state index is 9.37. The number of hydrogen-bond donors (Lipinski definition) is 0. The molecule has 0 radical (unpaired) electrons. The van der Waals surface area contributed by atoms with Crippen molar-refractivity contribution in [3.05, 3.63) is 46.8 Å². The number of fused-ring (bicyclic) bond motifs is 1. The number of rotatable bonds is 2. The van der Waals surface area contributed by atoms with E-state index < -0.39 is 0 Å². The van der Waals surface area contributed by atoms with Crippen molar-refractivity contribution >= 4 is 27.3 Å². The van der Waals surface area contributed by atoms with Gasteiger partial charge in [0.05, 0.1) is 17.3 Å². The quantitative estimate of drug-likeness (QED) is 0.648. The van der Waals surface area contributed by atoms with Gasteiger partial charge in [-0.3, -0.25) is 0 Å². The lowest BCUT2D eigenvalue weighted by Gasteiger charge is -2.31. The fourth-order valence-corrected chi connectivity index (χ4v) is 3.66. The Bertz CT molecular complexity index is 993. The highest BCUT2D eigenvalue weighted by Crippen LogP contribution is 2.31. The summed E-state index contributed by atoms with van der Waals surface area (Å²) in [6.07, 6.45) is 6.97. The Balaban J connectivity index is 1.69. The molecule has 4 heterocycles. The molecule has 1 saturated heterocycles. The number of halogens is 1. The molecule has 126 valence electrons. The maximum Gasteiger partial charge on any atom is 0.128 e. The van der Waals surface area contributed by atoms with Gasteiger partial charge in [0.25, 0.3) is 0 Å². The first-order valence-corrected chi connectivity index (χ1v) is 9.04. The fourth-order valence-electron chi connectivity index (χ4n) is 3.24. The standard InChI is InChI=1S/C19H18BrN5/c1-13-4-6-24(7-5-13)18-3-2-14(10-22-18)17-8-16(20)12-25-19(17)15(9-21)11-23-25/h2-3,8,10-13H,4-7H2,1H3/i13D. The van der Waals surface area contributed by atoms with Gasteiger partial charge in [-0.25, -0.2) is 9.50 Å². The van der Waals surface area contributed by atoms with Gasteiger partial charge < -0.3 is 4.90 Å². The van der Waals surface area contributed by atoms with E-state index in [1.54, 1.807) is 10.7 Å². The molecule has 0 N–H and O–H groups in total. The summed E-state index contributed by atoms with van der Waals surface area (Å²) in [6.45, 7) is 3.71. The maximum atomic E-state index is 9.37. The summed E-state index contributed by atoms with van der Waals surface area (Å²) < 4.78 is 10.8. The molecule has 1 aliphatic rings. The Hall–Kier alpha value is -2.39. The van der Waals surface area contributed by atoms with Gasteiger partial charge in [0.1, 0.15) is 11.9 Å². The van der Waals surface area contributed by atoms with E-state index in [4.69, 9.17) is 1.37 Å². The second-order valence-corrected chi connectivity index (χ2v) is 7.30. The molecule has 0 amide bonds. The van der Waals surface area contributed by atoms with Gasteiger partial charge in [0.2, 0.25) is 0 Å². The van der Waals surface area contributed by atoms with Crippen molar-refractivity contribution in [3.8, 4) is 17.2 Å². The zero-order valence-corrected chi connectivity index (χ0v) is 15.5. The molecule has 0 unspecified atom stereocenters. The summed E-state index contributed by atoms with van der Waals surface area (Å²) in [7, 11) is 0. The van der Waals surface area contributed by atoms with Crippen molar-refractivity contribution in [2.75, 3.05) is 18.0 Å². The van der Waals surface area contributed by atoms with Crippen LogP contribution in [0.25, 0.3) is 16.6 Å². The average molecular weight is 397 g/mol. The SMILES string of the molecule is [2H]C1(C)CCN(c2ccc(-c3cc(Br)cn4ncc(C#N)c34)cn2)CC1. The van der Waals surface area contributed by atoms with Crippen molar-refractivity contribution in [1.29, 1.82) is 5.26 Å². The van der Waals surface area contributed by atoms with Crippen LogP contribution in [0.15, 0.2) is 41.3 Å². The lowest BCUT2D eigenvalue weighted by molar-refractivity contribution is 0.436. The lowest BCUT2D eigenvalue weighted by Crippen LogP contribution is -2.33. The monoisotopic (exact) mass is 396 g/mol. The molecule has 4 rings (SSSR count). The number of anilines is 1. The van der Waals surface area contributed by atoms with Crippen molar-refractivity contribution in [2.45, 2.75) is 19.8 Å². The molecule has 25 heavy (non-hydrogen) atoms. The Morgan fingerprint density at radius 1 is 1.32 bits per heavy atom. The summed E-state index contributed by atoms with van der Waals surface area (Å²) >= 11 is 3.51. The molecule has 0 bridgehead atoms. The predicted molar refractivity (Wildman–Crippen MR) is 101 cm³/mol. The summed E-state index contributed by atoms with van der Waals surface area (Å²) in [5, 5.41) is 13.6. The van der Waals surface area contributed by atoms with Crippen LogP contribution in [0.4, 0.5) is 5.82 Å². The Labute approximate surface area is 156 Å². The van der Waals surface area contributed by atoms with Crippen LogP contribution in [-0.2, 0) is 0 Å². The minimum absolute atomic E-state index is 0.325. The predicted octanol–water partition coefficient (Wildman–Crippen LogP) is 4.27. The normalized spacial score (nSPS) is 17.3. The molecule has 0 saturated carbocycles. The molecule has 3 aromatic heterocycles. The molecule has 0 aromatic carbocycles. The van der Waals surface area contributed by atoms with E-state index in [0.29, 0.717) is 5.56 Å². The fraction of sp³-hybridized carbons (Fsp3) is 0.316. The first-order valence-electron chi connectivity index (χ1n) is 8.75. The van der Waals surface area contributed by atoms with E-state index in [1.165, 1.54) is 0 Å². The summed E-state index contributed by atoms with van der Waals surface area (Å²) in [6, 6.07) is 8.24. The highest BCUT2D eigenvalue weighted by Gasteiger charge is 2.17. The number of nitriles is 1. The Morgan fingerprint density at radius 3 is 2.80 bits per heavy atom. The van der Waals surface area contributed by atoms with E-state index in [1.807, 2.05) is 37.5 Å². The van der Waals surface area contributed by atoms with Gasteiger partial charge in [-0.05, 0) is 52.9 Å². The Kier molecular flexibility index (Phi) is 3.87. The van der Waals surface area contributed by atoms with Gasteiger partial charge in [-0.1, -0.05) is 6.92 Å². The largest absolute Gasteiger partial charge is 0.357 e. The Morgan fingerprint density at radius 2 is 2.12 bits per heavy atom. The number of pyridine rings is 2. The van der Waals surface area contributed by atoms with Crippen molar-refractivity contribution in [3.63, 3.8) is 0 Å². The molecular weight excluding hydrogens is 378 g/mol. The van der Waals surface area contributed by atoms with Gasteiger partial charge >= 0.3 is 0 Å². The molecule has 1 fully saturated rings. The molecular formula is C19H18BrN5. The van der Waals surface area contributed by atoms with Crippen molar-refractivity contribution < 1.29 is 1.37 Å². The average Bonchev–Trinajstić information content (AvgIpc) is 3.04. The lowest BCUT2D eigenvalue weighted by atomic mass is 9.99. The third-order valence-corrected chi connectivity index (χ3v) is 5.13. The first-order chi connectivity index (χ1) is 12.5. The minimum atomic E-state index is -0.325. The van der Waals surface area contributed by atoms with Crippen molar-refractivity contribution in [2.24, 2.45) is 5.89 Å². The highest BCUT2D eigenvalue weighted by atomic mass is 79.9. The van der Waals surface area contributed by atoms with Crippen LogP contribution in [0.5, 0.6) is 0 Å². The molecule has 5 nitrogen and oxygen atoms in total. The number of piperidine rings is 1. The third-order valence-electron chi connectivity index (χ3n) is 4.70. The molecule has 0 atom stereocenters. The summed E-state index contributed by atoms with van der Waals surface area (Å²) in [4.78, 5) is 6.87. The van der Waals surface area contributed by atoms with Gasteiger partial charge in [0, 0.05) is 42.5 Å². The molecule has 1 aliphatic heterocycles. The number of hydrogen-bond acceptors (Lipinski definition) is 4. The van der Waals surface area contributed by atoms with E-state index in [0.717, 1.165) is 52.9 Å². The van der Waals surface area contributed by atoms with Crippen LogP contribution < -0.4 is 4.90 Å². The van der Waals surface area contributed by atoms with E-state index in [9.17, 15) is 5.26 Å². The topological polar surface area (TPSA) is 57.2 Å². The minimum Gasteiger partial charge on any atom is -0.357 e. The van der Waals surface area contributed by atoms with Crippen LogP contribution >= 0.6 is 15.9 Å². The summed E-state index contributed by atoms with van der Waals surface area (Å²) in [5.74, 6) is 0.609. The molecule has 6 heteroatoms. The second-order valence-electron chi connectivity index (χ2n) is 6.38. The highest BCUT2D eigenvalue weighted by molar-refractivity contribution is 9.10. The third kappa shape index (κ3) is 3.00. The van der Waals surface area contributed by atoms with Gasteiger partial charge in [-0.2, -0.15) is 10.4 Å². The summed E-state index contributed by atoms with van der Waals surface area (Å²) in [5.41, 5.74) is 3.19. The molecule has 3 aromatic rings. The van der Waals surface area contributed by atoms with Crippen LogP contribution in [0.2, 0.25) is 0 Å². The van der Waals surface area contributed by atoms with Crippen molar-refractivity contribution in [1.82, 2.24) is 14.6 Å². The zero-order chi connectivity index (χ0) is 18.3. The smallest absolute Gasteiger partial charge is 0.128 e. The zero-order valence-electron chi connectivity index (χ0n) is 14.9.